The van der Waals surface area contributed by atoms with E-state index in [9.17, 15) is 14.4 Å². The summed E-state index contributed by atoms with van der Waals surface area (Å²) >= 11 is 11.7. The lowest BCUT2D eigenvalue weighted by Gasteiger charge is -2.19. The molecule has 3 aromatic rings. The Morgan fingerprint density at radius 1 is 1.03 bits per heavy atom. The Morgan fingerprint density at radius 3 is 2.21 bits per heavy atom. The maximum Gasteiger partial charge on any atom is 0.354 e. The number of halogens is 2. The summed E-state index contributed by atoms with van der Waals surface area (Å²) in [5, 5.41) is 0.944. The topological polar surface area (TPSA) is 136 Å². The van der Waals surface area contributed by atoms with Crippen molar-refractivity contribution >= 4 is 41.1 Å². The van der Waals surface area contributed by atoms with Crippen molar-refractivity contribution in [3.63, 3.8) is 0 Å². The van der Waals surface area contributed by atoms with Gasteiger partial charge >= 0.3 is 17.6 Å². The van der Waals surface area contributed by atoms with Crippen LogP contribution in [0.2, 0.25) is 10.0 Å². The van der Waals surface area contributed by atoms with Gasteiger partial charge in [-0.3, -0.25) is 4.57 Å². The number of anilines is 1. The van der Waals surface area contributed by atoms with Crippen molar-refractivity contribution in [2.24, 2.45) is 0 Å². The first-order valence-electron chi connectivity index (χ1n) is 10.1. The monoisotopic (exact) mass is 504 g/mol. The van der Waals surface area contributed by atoms with Crippen LogP contribution in [0.5, 0.6) is 0 Å². The van der Waals surface area contributed by atoms with Gasteiger partial charge in [0.25, 0.3) is 0 Å². The molecule has 1 aliphatic rings. The SMILES string of the molecule is Nc1ncn([C@@H]2C[C@H](OC(=O)c3ccc(Cl)cc3)[C@@H](COC(=O)c3ccc(Cl)cc3)O2)c(=O)n1. The van der Waals surface area contributed by atoms with E-state index in [2.05, 4.69) is 9.97 Å². The molecule has 0 saturated carbocycles. The van der Waals surface area contributed by atoms with Gasteiger partial charge < -0.3 is 19.9 Å². The second kappa shape index (κ2) is 10.2. The second-order valence-corrected chi connectivity index (χ2v) is 8.20. The van der Waals surface area contributed by atoms with E-state index in [4.69, 9.17) is 43.1 Å². The first-order valence-corrected chi connectivity index (χ1v) is 10.8. The van der Waals surface area contributed by atoms with Gasteiger partial charge in [0.2, 0.25) is 5.95 Å². The van der Waals surface area contributed by atoms with Crippen LogP contribution in [0, 0.1) is 0 Å². The maximum atomic E-state index is 12.7. The first-order chi connectivity index (χ1) is 16.3. The van der Waals surface area contributed by atoms with E-state index >= 15 is 0 Å². The van der Waals surface area contributed by atoms with Crippen molar-refractivity contribution in [2.75, 3.05) is 12.3 Å². The van der Waals surface area contributed by atoms with Gasteiger partial charge in [0, 0.05) is 16.5 Å². The van der Waals surface area contributed by atoms with Gasteiger partial charge in [0.05, 0.1) is 11.1 Å². The summed E-state index contributed by atoms with van der Waals surface area (Å²) in [7, 11) is 0. The van der Waals surface area contributed by atoms with Crippen molar-refractivity contribution in [3.05, 3.63) is 86.5 Å². The van der Waals surface area contributed by atoms with Crippen LogP contribution >= 0.6 is 23.2 Å². The van der Waals surface area contributed by atoms with Crippen LogP contribution in [0.25, 0.3) is 0 Å². The van der Waals surface area contributed by atoms with E-state index in [0.717, 1.165) is 4.57 Å². The largest absolute Gasteiger partial charge is 0.459 e. The number of ether oxygens (including phenoxy) is 3. The molecule has 0 unspecified atom stereocenters. The molecule has 4 rings (SSSR count). The molecule has 34 heavy (non-hydrogen) atoms. The molecule has 10 nitrogen and oxygen atoms in total. The van der Waals surface area contributed by atoms with Crippen molar-refractivity contribution in [1.82, 2.24) is 14.5 Å². The van der Waals surface area contributed by atoms with E-state index in [-0.39, 0.29) is 30.1 Å². The number of carbonyl (C=O) groups is 2. The molecule has 1 aliphatic heterocycles. The average molecular weight is 505 g/mol. The number of hydrogen-bond donors (Lipinski definition) is 1. The highest BCUT2D eigenvalue weighted by atomic mass is 35.5. The van der Waals surface area contributed by atoms with Crippen LogP contribution in [0.1, 0.15) is 33.4 Å². The van der Waals surface area contributed by atoms with Crippen LogP contribution in [0.4, 0.5) is 5.95 Å². The molecule has 0 spiro atoms. The molecule has 3 atom stereocenters. The molecule has 1 aromatic heterocycles. The Kier molecular flexibility index (Phi) is 7.11. The molecule has 0 radical (unpaired) electrons. The average Bonchev–Trinajstić information content (AvgIpc) is 3.20. The molecule has 2 aromatic carbocycles. The van der Waals surface area contributed by atoms with E-state index in [1.54, 1.807) is 24.3 Å². The molecule has 0 aliphatic carbocycles. The fraction of sp³-hybridized carbons (Fsp3) is 0.227. The normalized spacial score (nSPS) is 19.5. The summed E-state index contributed by atoms with van der Waals surface area (Å²) in [6.45, 7) is -0.235. The molecular weight excluding hydrogens is 487 g/mol. The number of esters is 2. The van der Waals surface area contributed by atoms with Gasteiger partial charge in [-0.05, 0) is 48.5 Å². The first kappa shape index (κ1) is 23.7. The van der Waals surface area contributed by atoms with Crippen LogP contribution in [-0.2, 0) is 14.2 Å². The number of nitrogens with two attached hydrogens (primary N) is 1. The van der Waals surface area contributed by atoms with Gasteiger partial charge in [-0.1, -0.05) is 23.2 Å². The summed E-state index contributed by atoms with van der Waals surface area (Å²) in [6, 6.07) is 12.3. The van der Waals surface area contributed by atoms with Crippen molar-refractivity contribution in [2.45, 2.75) is 24.9 Å². The zero-order valence-corrected chi connectivity index (χ0v) is 19.0. The summed E-state index contributed by atoms with van der Waals surface area (Å²) < 4.78 is 18.0. The fourth-order valence-corrected chi connectivity index (χ4v) is 3.57. The van der Waals surface area contributed by atoms with E-state index in [1.165, 1.54) is 30.6 Å². The zero-order chi connectivity index (χ0) is 24.2. The zero-order valence-electron chi connectivity index (χ0n) is 17.5. The van der Waals surface area contributed by atoms with Crippen LogP contribution in [0.15, 0.2) is 59.7 Å². The Hall–Kier alpha value is -3.47. The van der Waals surface area contributed by atoms with Crippen molar-refractivity contribution < 1.29 is 23.8 Å². The molecule has 12 heteroatoms. The van der Waals surface area contributed by atoms with Crippen LogP contribution < -0.4 is 11.4 Å². The summed E-state index contributed by atoms with van der Waals surface area (Å²) in [4.78, 5) is 44.7. The highest BCUT2D eigenvalue weighted by Crippen LogP contribution is 2.31. The van der Waals surface area contributed by atoms with Gasteiger partial charge in [-0.25, -0.2) is 19.4 Å². The number of benzene rings is 2. The van der Waals surface area contributed by atoms with Gasteiger partial charge in [-0.2, -0.15) is 4.98 Å². The molecule has 1 fully saturated rings. The minimum absolute atomic E-state index is 0.0929. The predicted molar refractivity (Wildman–Crippen MR) is 122 cm³/mol. The van der Waals surface area contributed by atoms with Crippen LogP contribution in [0.3, 0.4) is 0 Å². The molecular formula is C22H18Cl2N4O6. The lowest BCUT2D eigenvalue weighted by Crippen LogP contribution is -2.32. The molecule has 0 amide bonds. The van der Waals surface area contributed by atoms with Crippen LogP contribution in [-0.4, -0.2) is 45.3 Å². The standard InChI is InChI=1S/C22H18Cl2N4O6/c23-14-5-1-12(2-6-14)19(29)32-10-17-16(34-20(30)13-3-7-15(24)8-4-13)9-18(33-17)28-11-26-21(25)27-22(28)31/h1-8,11,16-18H,9-10H2,(H2,25,27,31)/t16-,17+,18-/m0/s1. The third-order valence-electron chi connectivity index (χ3n) is 5.03. The molecule has 176 valence electrons. The lowest BCUT2D eigenvalue weighted by molar-refractivity contribution is -0.0584. The van der Waals surface area contributed by atoms with Crippen molar-refractivity contribution in [1.29, 1.82) is 0 Å². The predicted octanol–water partition coefficient (Wildman–Crippen LogP) is 2.90. The minimum Gasteiger partial charge on any atom is -0.459 e. The minimum atomic E-state index is -0.865. The van der Waals surface area contributed by atoms with Gasteiger partial charge in [0.15, 0.2) is 0 Å². The number of carbonyl (C=O) groups excluding carboxylic acids is 2. The van der Waals surface area contributed by atoms with E-state index in [1.807, 2.05) is 0 Å². The quantitative estimate of drug-likeness (QED) is 0.502. The second-order valence-electron chi connectivity index (χ2n) is 7.33. The van der Waals surface area contributed by atoms with Crippen molar-refractivity contribution in [3.8, 4) is 0 Å². The molecule has 2 heterocycles. The van der Waals surface area contributed by atoms with E-state index < -0.39 is 36.1 Å². The molecule has 2 N–H and O–H groups in total. The Bertz CT molecular complexity index is 1250. The summed E-state index contributed by atoms with van der Waals surface area (Å²) in [5.74, 6) is -1.42. The van der Waals surface area contributed by atoms with E-state index in [0.29, 0.717) is 10.0 Å². The lowest BCUT2D eigenvalue weighted by atomic mass is 10.1. The summed E-state index contributed by atoms with van der Waals surface area (Å²) in [6.07, 6.45) is -1.28. The number of nitrogens with zero attached hydrogens (tertiary/aromatic N) is 3. The number of hydrogen-bond acceptors (Lipinski definition) is 9. The Morgan fingerprint density at radius 2 is 1.62 bits per heavy atom. The molecule has 0 bridgehead atoms. The Balaban J connectivity index is 1.50. The highest BCUT2D eigenvalue weighted by molar-refractivity contribution is 6.31. The third-order valence-corrected chi connectivity index (χ3v) is 5.54. The fourth-order valence-electron chi connectivity index (χ4n) is 3.32. The maximum absolute atomic E-state index is 12.7. The van der Waals surface area contributed by atoms with Gasteiger partial charge in [0.1, 0.15) is 31.4 Å². The molecule has 1 saturated heterocycles. The number of aromatic nitrogens is 3. The smallest absolute Gasteiger partial charge is 0.354 e. The Labute approximate surface area is 203 Å². The number of rotatable bonds is 6. The number of nitrogen functional groups attached to an aromatic ring is 1. The van der Waals surface area contributed by atoms with Gasteiger partial charge in [-0.15, -0.1) is 0 Å². The highest BCUT2D eigenvalue weighted by Gasteiger charge is 2.40. The third kappa shape index (κ3) is 5.53. The summed E-state index contributed by atoms with van der Waals surface area (Å²) in [5.41, 5.74) is 5.33.